The molecule has 2 aromatic rings. The number of para-hydroxylation sites is 1. The Bertz CT molecular complexity index is 674. The lowest BCUT2D eigenvalue weighted by atomic mass is 10.1. The smallest absolute Gasteiger partial charge is 0.258 e. The van der Waals surface area contributed by atoms with Gasteiger partial charge in [0.1, 0.15) is 0 Å². The fourth-order valence-electron chi connectivity index (χ4n) is 2.15. The van der Waals surface area contributed by atoms with Crippen LogP contribution >= 0.6 is 0 Å². The first-order valence-corrected chi connectivity index (χ1v) is 6.74. The number of hydrogen-bond donors (Lipinski definition) is 1. The molecule has 1 amide bonds. The molecule has 0 unspecified atom stereocenters. The second kappa shape index (κ2) is 6.58. The first kappa shape index (κ1) is 14.6. The molecule has 0 bridgehead atoms. The van der Waals surface area contributed by atoms with Gasteiger partial charge in [-0.15, -0.1) is 0 Å². The SMILES string of the molecule is Cc1c(N)cccc1C(=O)N(CCC#N)c1ccccc1. The monoisotopic (exact) mass is 279 g/mol. The zero-order chi connectivity index (χ0) is 15.2. The van der Waals surface area contributed by atoms with Gasteiger partial charge in [-0.2, -0.15) is 5.26 Å². The minimum Gasteiger partial charge on any atom is -0.398 e. The molecule has 0 saturated carbocycles. The van der Waals surface area contributed by atoms with Crippen LogP contribution in [0.1, 0.15) is 22.3 Å². The van der Waals surface area contributed by atoms with E-state index in [2.05, 4.69) is 6.07 Å². The van der Waals surface area contributed by atoms with E-state index < -0.39 is 0 Å². The summed E-state index contributed by atoms with van der Waals surface area (Å²) >= 11 is 0. The molecule has 0 aromatic heterocycles. The Morgan fingerprint density at radius 3 is 2.57 bits per heavy atom. The molecule has 4 nitrogen and oxygen atoms in total. The summed E-state index contributed by atoms with van der Waals surface area (Å²) < 4.78 is 0. The molecule has 0 radical (unpaired) electrons. The van der Waals surface area contributed by atoms with Gasteiger partial charge in [0.25, 0.3) is 5.91 Å². The Hall–Kier alpha value is -2.80. The van der Waals surface area contributed by atoms with E-state index in [0.29, 0.717) is 17.8 Å². The molecular formula is C17H17N3O. The lowest BCUT2D eigenvalue weighted by Gasteiger charge is -2.23. The maximum atomic E-state index is 12.8. The standard InChI is InChI=1S/C17H17N3O/c1-13-15(9-5-10-16(13)19)17(21)20(12-6-11-18)14-7-3-2-4-8-14/h2-5,7-10H,6,12,19H2,1H3. The third-order valence-corrected chi connectivity index (χ3v) is 3.37. The largest absolute Gasteiger partial charge is 0.398 e. The van der Waals surface area contributed by atoms with Crippen LogP contribution in [0.2, 0.25) is 0 Å². The molecule has 2 N–H and O–H groups in total. The van der Waals surface area contributed by atoms with E-state index in [1.165, 1.54) is 0 Å². The Morgan fingerprint density at radius 2 is 1.90 bits per heavy atom. The van der Waals surface area contributed by atoms with Crippen LogP contribution in [0.5, 0.6) is 0 Å². The summed E-state index contributed by atoms with van der Waals surface area (Å²) in [5, 5.41) is 8.81. The average molecular weight is 279 g/mol. The summed E-state index contributed by atoms with van der Waals surface area (Å²) in [4.78, 5) is 14.4. The zero-order valence-electron chi connectivity index (χ0n) is 11.9. The number of anilines is 2. The first-order chi connectivity index (χ1) is 10.1. The van der Waals surface area contributed by atoms with Crippen LogP contribution in [0.15, 0.2) is 48.5 Å². The summed E-state index contributed by atoms with van der Waals surface area (Å²) in [6.45, 7) is 2.18. The lowest BCUT2D eigenvalue weighted by molar-refractivity contribution is 0.0987. The molecule has 2 aromatic carbocycles. The van der Waals surface area contributed by atoms with Crippen molar-refractivity contribution >= 4 is 17.3 Å². The molecule has 0 spiro atoms. The number of nitrogen functional groups attached to an aromatic ring is 1. The molecule has 0 aliphatic rings. The molecule has 0 atom stereocenters. The minimum absolute atomic E-state index is 0.138. The molecule has 106 valence electrons. The minimum atomic E-state index is -0.138. The van der Waals surface area contributed by atoms with Crippen LogP contribution in [0.25, 0.3) is 0 Å². The van der Waals surface area contributed by atoms with Crippen molar-refractivity contribution in [3.8, 4) is 6.07 Å². The number of carbonyl (C=O) groups excluding carboxylic acids is 1. The fourth-order valence-corrected chi connectivity index (χ4v) is 2.15. The van der Waals surface area contributed by atoms with E-state index in [-0.39, 0.29) is 12.3 Å². The van der Waals surface area contributed by atoms with E-state index in [1.54, 1.807) is 23.1 Å². The van der Waals surface area contributed by atoms with Crippen molar-refractivity contribution in [1.29, 1.82) is 5.26 Å². The highest BCUT2D eigenvalue weighted by Gasteiger charge is 2.19. The maximum Gasteiger partial charge on any atom is 0.258 e. The van der Waals surface area contributed by atoms with Crippen LogP contribution in [0.3, 0.4) is 0 Å². The normalized spacial score (nSPS) is 9.90. The summed E-state index contributed by atoms with van der Waals surface area (Å²) in [5.74, 6) is -0.138. The van der Waals surface area contributed by atoms with Crippen molar-refractivity contribution in [2.45, 2.75) is 13.3 Å². The summed E-state index contributed by atoms with van der Waals surface area (Å²) in [6.07, 6.45) is 0.280. The highest BCUT2D eigenvalue weighted by molar-refractivity contribution is 6.07. The highest BCUT2D eigenvalue weighted by atomic mass is 16.2. The quantitative estimate of drug-likeness (QED) is 0.874. The van der Waals surface area contributed by atoms with Crippen LogP contribution < -0.4 is 10.6 Å². The molecular weight excluding hydrogens is 262 g/mol. The van der Waals surface area contributed by atoms with Crippen LogP contribution in [0, 0.1) is 18.3 Å². The van der Waals surface area contributed by atoms with E-state index in [0.717, 1.165) is 11.3 Å². The number of hydrogen-bond acceptors (Lipinski definition) is 3. The Balaban J connectivity index is 2.39. The van der Waals surface area contributed by atoms with Crippen molar-refractivity contribution in [3.63, 3.8) is 0 Å². The van der Waals surface area contributed by atoms with Gasteiger partial charge < -0.3 is 10.6 Å². The summed E-state index contributed by atoms with van der Waals surface area (Å²) in [6, 6.07) is 16.7. The number of benzene rings is 2. The molecule has 0 aliphatic carbocycles. The number of amides is 1. The van der Waals surface area contributed by atoms with E-state index in [4.69, 9.17) is 11.0 Å². The highest BCUT2D eigenvalue weighted by Crippen LogP contribution is 2.21. The van der Waals surface area contributed by atoms with Gasteiger partial charge in [0.2, 0.25) is 0 Å². The number of nitrogens with two attached hydrogens (primary N) is 1. The molecule has 0 saturated heterocycles. The van der Waals surface area contributed by atoms with Crippen LogP contribution in [-0.2, 0) is 0 Å². The third kappa shape index (κ3) is 3.21. The van der Waals surface area contributed by atoms with Crippen molar-refractivity contribution in [1.82, 2.24) is 0 Å². The van der Waals surface area contributed by atoms with Gasteiger partial charge in [-0.05, 0) is 36.8 Å². The van der Waals surface area contributed by atoms with E-state index in [1.807, 2.05) is 37.3 Å². The predicted octanol–water partition coefficient (Wildman–Crippen LogP) is 3.14. The van der Waals surface area contributed by atoms with Gasteiger partial charge in [-0.3, -0.25) is 4.79 Å². The topological polar surface area (TPSA) is 70.1 Å². The van der Waals surface area contributed by atoms with Crippen molar-refractivity contribution < 1.29 is 4.79 Å². The molecule has 2 rings (SSSR count). The fraction of sp³-hybridized carbons (Fsp3) is 0.176. The third-order valence-electron chi connectivity index (χ3n) is 3.37. The number of nitriles is 1. The Labute approximate surface area is 124 Å². The number of nitrogens with zero attached hydrogens (tertiary/aromatic N) is 2. The first-order valence-electron chi connectivity index (χ1n) is 6.74. The second-order valence-corrected chi connectivity index (χ2v) is 4.72. The Kier molecular flexibility index (Phi) is 4.57. The van der Waals surface area contributed by atoms with E-state index in [9.17, 15) is 4.79 Å². The molecule has 0 fully saturated rings. The van der Waals surface area contributed by atoms with Gasteiger partial charge in [0.15, 0.2) is 0 Å². The van der Waals surface area contributed by atoms with Crippen LogP contribution in [0.4, 0.5) is 11.4 Å². The van der Waals surface area contributed by atoms with Crippen molar-refractivity contribution in [2.24, 2.45) is 0 Å². The maximum absolute atomic E-state index is 12.8. The van der Waals surface area contributed by atoms with Gasteiger partial charge >= 0.3 is 0 Å². The zero-order valence-corrected chi connectivity index (χ0v) is 11.9. The van der Waals surface area contributed by atoms with Crippen LogP contribution in [-0.4, -0.2) is 12.5 Å². The van der Waals surface area contributed by atoms with Crippen molar-refractivity contribution in [3.05, 3.63) is 59.7 Å². The van der Waals surface area contributed by atoms with Gasteiger partial charge in [0, 0.05) is 23.5 Å². The molecule has 4 heteroatoms. The molecule has 0 aliphatic heterocycles. The van der Waals surface area contributed by atoms with Gasteiger partial charge in [0.05, 0.1) is 12.5 Å². The van der Waals surface area contributed by atoms with Crippen molar-refractivity contribution in [2.75, 3.05) is 17.2 Å². The number of carbonyl (C=O) groups is 1. The van der Waals surface area contributed by atoms with Gasteiger partial charge in [-0.25, -0.2) is 0 Å². The Morgan fingerprint density at radius 1 is 1.19 bits per heavy atom. The lowest BCUT2D eigenvalue weighted by Crippen LogP contribution is -2.32. The summed E-state index contributed by atoms with van der Waals surface area (Å²) in [7, 11) is 0. The summed E-state index contributed by atoms with van der Waals surface area (Å²) in [5.41, 5.74) is 8.57. The average Bonchev–Trinajstić information content (AvgIpc) is 2.51. The molecule has 0 heterocycles. The van der Waals surface area contributed by atoms with E-state index >= 15 is 0 Å². The van der Waals surface area contributed by atoms with Gasteiger partial charge in [-0.1, -0.05) is 24.3 Å². The second-order valence-electron chi connectivity index (χ2n) is 4.72. The number of rotatable bonds is 4. The molecule has 21 heavy (non-hydrogen) atoms. The predicted molar refractivity (Wildman–Crippen MR) is 83.9 cm³/mol.